The number of carbonyl (C=O) groups is 1. The van der Waals surface area contributed by atoms with E-state index in [-0.39, 0.29) is 5.91 Å². The van der Waals surface area contributed by atoms with Gasteiger partial charge in [-0.2, -0.15) is 4.98 Å². The summed E-state index contributed by atoms with van der Waals surface area (Å²) in [4.78, 5) is 20.2. The van der Waals surface area contributed by atoms with Gasteiger partial charge in [-0.25, -0.2) is 0 Å². The molecule has 0 atom stereocenters. The molecule has 1 N–H and O–H groups in total. The van der Waals surface area contributed by atoms with E-state index in [4.69, 9.17) is 4.52 Å². The fourth-order valence-corrected chi connectivity index (χ4v) is 2.31. The number of nitrogens with one attached hydrogen (secondary N) is 1. The number of hydrogen-bond acceptors (Lipinski definition) is 5. The molecule has 0 aliphatic heterocycles. The van der Waals surface area contributed by atoms with Gasteiger partial charge < -0.3 is 9.84 Å². The zero-order chi connectivity index (χ0) is 16.8. The summed E-state index contributed by atoms with van der Waals surface area (Å²) < 4.78 is 5.19. The zero-order valence-electron chi connectivity index (χ0n) is 13.4. The second kappa shape index (κ2) is 7.50. The van der Waals surface area contributed by atoms with Crippen LogP contribution in [0.15, 0.2) is 53.3 Å². The number of aromatic nitrogens is 3. The first-order valence-electron chi connectivity index (χ1n) is 7.76. The van der Waals surface area contributed by atoms with E-state index in [2.05, 4.69) is 26.5 Å². The molecular weight excluding hydrogens is 304 g/mol. The van der Waals surface area contributed by atoms with E-state index < -0.39 is 0 Å². The molecule has 0 spiro atoms. The Kier molecular flexibility index (Phi) is 4.96. The lowest BCUT2D eigenvalue weighted by Crippen LogP contribution is -2.23. The maximum absolute atomic E-state index is 11.9. The highest BCUT2D eigenvalue weighted by atomic mass is 16.5. The van der Waals surface area contributed by atoms with E-state index >= 15 is 0 Å². The van der Waals surface area contributed by atoms with Crippen LogP contribution in [0.3, 0.4) is 0 Å². The van der Waals surface area contributed by atoms with Crippen molar-refractivity contribution in [1.82, 2.24) is 20.4 Å². The van der Waals surface area contributed by atoms with Gasteiger partial charge in [0.05, 0.1) is 0 Å². The van der Waals surface area contributed by atoms with Crippen LogP contribution < -0.4 is 5.32 Å². The Morgan fingerprint density at radius 3 is 2.83 bits per heavy atom. The monoisotopic (exact) mass is 322 g/mol. The Balaban J connectivity index is 1.49. The number of nitrogens with zero attached hydrogens (tertiary/aromatic N) is 3. The number of hydrogen-bond donors (Lipinski definition) is 1. The van der Waals surface area contributed by atoms with Gasteiger partial charge in [-0.3, -0.25) is 9.78 Å². The van der Waals surface area contributed by atoms with Crippen LogP contribution in [0.1, 0.15) is 23.4 Å². The molecule has 0 radical (unpaired) electrons. The maximum Gasteiger partial charge on any atom is 0.227 e. The molecule has 3 aromatic rings. The standard InChI is InChI=1S/C18H18N4O2/c1-13-3-2-4-14(11-13)12-20-16(23)5-6-17-21-18(22-24-17)15-7-9-19-10-8-15/h2-4,7-11H,5-6,12H2,1H3,(H,20,23). The molecule has 24 heavy (non-hydrogen) atoms. The molecule has 6 nitrogen and oxygen atoms in total. The summed E-state index contributed by atoms with van der Waals surface area (Å²) in [6.07, 6.45) is 4.07. The number of carbonyl (C=O) groups excluding carboxylic acids is 1. The molecule has 0 bridgehead atoms. The van der Waals surface area contributed by atoms with Crippen LogP contribution in [0.5, 0.6) is 0 Å². The molecule has 122 valence electrons. The molecular formula is C18H18N4O2. The predicted octanol–water partition coefficient (Wildman–Crippen LogP) is 2.69. The molecule has 1 amide bonds. The van der Waals surface area contributed by atoms with E-state index in [9.17, 15) is 4.79 Å². The highest BCUT2D eigenvalue weighted by molar-refractivity contribution is 5.76. The topological polar surface area (TPSA) is 80.9 Å². The van der Waals surface area contributed by atoms with Crippen LogP contribution in [0.25, 0.3) is 11.4 Å². The summed E-state index contributed by atoms with van der Waals surface area (Å²) in [6, 6.07) is 11.7. The number of rotatable bonds is 6. The van der Waals surface area contributed by atoms with Gasteiger partial charge in [0.2, 0.25) is 17.6 Å². The van der Waals surface area contributed by atoms with E-state index in [1.165, 1.54) is 5.56 Å². The van der Waals surface area contributed by atoms with Crippen molar-refractivity contribution >= 4 is 5.91 Å². The van der Waals surface area contributed by atoms with Crippen molar-refractivity contribution in [3.8, 4) is 11.4 Å². The van der Waals surface area contributed by atoms with Gasteiger partial charge in [0.25, 0.3) is 0 Å². The fourth-order valence-electron chi connectivity index (χ4n) is 2.31. The van der Waals surface area contributed by atoms with Crippen molar-refractivity contribution in [2.75, 3.05) is 0 Å². The third-order valence-corrected chi connectivity index (χ3v) is 3.54. The Hall–Kier alpha value is -3.02. The first-order valence-corrected chi connectivity index (χ1v) is 7.76. The van der Waals surface area contributed by atoms with Crippen LogP contribution in [0, 0.1) is 6.92 Å². The largest absolute Gasteiger partial charge is 0.352 e. The van der Waals surface area contributed by atoms with Crippen molar-refractivity contribution in [1.29, 1.82) is 0 Å². The molecule has 0 saturated heterocycles. The summed E-state index contributed by atoms with van der Waals surface area (Å²) in [5, 5.41) is 6.82. The van der Waals surface area contributed by atoms with Crippen LogP contribution in [0.4, 0.5) is 0 Å². The van der Waals surface area contributed by atoms with E-state index in [0.29, 0.717) is 31.1 Å². The SMILES string of the molecule is Cc1cccc(CNC(=O)CCc2nc(-c3ccncc3)no2)c1. The number of pyridine rings is 1. The smallest absolute Gasteiger partial charge is 0.227 e. The maximum atomic E-state index is 11.9. The van der Waals surface area contributed by atoms with Crippen molar-refractivity contribution < 1.29 is 9.32 Å². The van der Waals surface area contributed by atoms with Gasteiger partial charge in [-0.15, -0.1) is 0 Å². The lowest BCUT2D eigenvalue weighted by molar-refractivity contribution is -0.121. The number of amides is 1. The predicted molar refractivity (Wildman–Crippen MR) is 88.9 cm³/mol. The quantitative estimate of drug-likeness (QED) is 0.754. The average Bonchev–Trinajstić information content (AvgIpc) is 3.08. The van der Waals surface area contributed by atoms with E-state index in [0.717, 1.165) is 11.1 Å². The van der Waals surface area contributed by atoms with Gasteiger partial charge >= 0.3 is 0 Å². The normalized spacial score (nSPS) is 10.5. The number of benzene rings is 1. The molecule has 0 saturated carbocycles. The minimum Gasteiger partial charge on any atom is -0.352 e. The Morgan fingerprint density at radius 2 is 2.04 bits per heavy atom. The molecule has 2 aromatic heterocycles. The number of aryl methyl sites for hydroxylation is 2. The minimum atomic E-state index is -0.0415. The third kappa shape index (κ3) is 4.25. The van der Waals surface area contributed by atoms with Gasteiger partial charge in [-0.05, 0) is 24.6 Å². The third-order valence-electron chi connectivity index (χ3n) is 3.54. The van der Waals surface area contributed by atoms with Gasteiger partial charge in [-0.1, -0.05) is 35.0 Å². The molecule has 2 heterocycles. The molecule has 0 aliphatic carbocycles. The van der Waals surface area contributed by atoms with E-state index in [1.807, 2.05) is 37.3 Å². The van der Waals surface area contributed by atoms with Gasteiger partial charge in [0.15, 0.2) is 0 Å². The molecule has 0 unspecified atom stereocenters. The van der Waals surface area contributed by atoms with Crippen molar-refractivity contribution in [2.24, 2.45) is 0 Å². The van der Waals surface area contributed by atoms with Gasteiger partial charge in [0.1, 0.15) is 0 Å². The molecule has 0 fully saturated rings. The second-order valence-corrected chi connectivity index (χ2v) is 5.51. The Bertz CT molecular complexity index is 815. The lowest BCUT2D eigenvalue weighted by Gasteiger charge is -2.05. The first-order chi connectivity index (χ1) is 11.7. The van der Waals surface area contributed by atoms with Crippen molar-refractivity contribution in [2.45, 2.75) is 26.3 Å². The van der Waals surface area contributed by atoms with Crippen LogP contribution in [-0.2, 0) is 17.8 Å². The molecule has 3 rings (SSSR count). The van der Waals surface area contributed by atoms with Crippen LogP contribution >= 0.6 is 0 Å². The summed E-state index contributed by atoms with van der Waals surface area (Å²) >= 11 is 0. The summed E-state index contributed by atoms with van der Waals surface area (Å²) in [7, 11) is 0. The lowest BCUT2D eigenvalue weighted by atomic mass is 10.1. The molecule has 0 aliphatic rings. The summed E-state index contributed by atoms with van der Waals surface area (Å²) in [5.41, 5.74) is 3.10. The minimum absolute atomic E-state index is 0.0415. The van der Waals surface area contributed by atoms with Crippen LogP contribution in [0.2, 0.25) is 0 Å². The summed E-state index contributed by atoms with van der Waals surface area (Å²) in [5.74, 6) is 0.917. The summed E-state index contributed by atoms with van der Waals surface area (Å²) in [6.45, 7) is 2.55. The Morgan fingerprint density at radius 1 is 1.21 bits per heavy atom. The van der Waals surface area contributed by atoms with Crippen molar-refractivity contribution in [3.63, 3.8) is 0 Å². The molecule has 6 heteroatoms. The van der Waals surface area contributed by atoms with E-state index in [1.54, 1.807) is 12.4 Å². The van der Waals surface area contributed by atoms with Crippen LogP contribution in [-0.4, -0.2) is 21.0 Å². The molecule has 1 aromatic carbocycles. The first kappa shape index (κ1) is 15.9. The van der Waals surface area contributed by atoms with Crippen molar-refractivity contribution in [3.05, 3.63) is 65.8 Å². The average molecular weight is 322 g/mol. The highest BCUT2D eigenvalue weighted by Crippen LogP contribution is 2.14. The fraction of sp³-hybridized carbons (Fsp3) is 0.222. The van der Waals surface area contributed by atoms with Gasteiger partial charge in [0, 0.05) is 37.3 Å². The Labute approximate surface area is 139 Å². The highest BCUT2D eigenvalue weighted by Gasteiger charge is 2.10. The second-order valence-electron chi connectivity index (χ2n) is 5.51. The zero-order valence-corrected chi connectivity index (χ0v) is 13.4.